The molecule has 3 aliphatic rings. The normalized spacial score (nSPS) is 17.2. The number of piperazine rings is 1. The highest BCUT2D eigenvalue weighted by atomic mass is 35.5. The number of nitrogens with zero attached hydrogens (tertiary/aromatic N) is 6. The van der Waals surface area contributed by atoms with Gasteiger partial charge in [0, 0.05) is 74.2 Å². The third-order valence-corrected chi connectivity index (χ3v) is 13.6. The zero-order valence-electron chi connectivity index (χ0n) is 31.8. The highest BCUT2D eigenvalue weighted by Gasteiger charge is 2.41. The van der Waals surface area contributed by atoms with Crippen molar-refractivity contribution in [3.63, 3.8) is 0 Å². The number of aryl methyl sites for hydroxylation is 1. The number of nitro groups is 1. The van der Waals surface area contributed by atoms with Gasteiger partial charge in [0.15, 0.2) is 0 Å². The summed E-state index contributed by atoms with van der Waals surface area (Å²) in [7, 11) is -3.01. The number of carbonyl (C=O) groups excluding carboxylic acids is 1. The van der Waals surface area contributed by atoms with Crippen LogP contribution < -0.4 is 14.4 Å². The molecule has 0 radical (unpaired) electrons. The van der Waals surface area contributed by atoms with E-state index < -0.39 is 31.4 Å². The average Bonchev–Trinajstić information content (AvgIpc) is 3.83. The van der Waals surface area contributed by atoms with Crippen LogP contribution in [0.5, 0.6) is 11.5 Å². The molecule has 9 rings (SSSR count). The van der Waals surface area contributed by atoms with Crippen LogP contribution in [0, 0.1) is 15.5 Å². The molecular formula is C42H41ClN8O6S. The zero-order valence-corrected chi connectivity index (χ0v) is 33.4. The van der Waals surface area contributed by atoms with E-state index in [2.05, 4.69) is 41.6 Å². The summed E-state index contributed by atoms with van der Waals surface area (Å²) in [4.78, 5) is 40.9. The van der Waals surface area contributed by atoms with E-state index >= 15 is 0 Å². The first-order chi connectivity index (χ1) is 27.9. The largest absolute Gasteiger partial charge is 0.455 e. The molecule has 0 atom stereocenters. The van der Waals surface area contributed by atoms with Gasteiger partial charge in [0.2, 0.25) is 0 Å². The number of H-pyrrole nitrogens is 1. The van der Waals surface area contributed by atoms with Crippen LogP contribution in [0.25, 0.3) is 27.6 Å². The number of allylic oxidation sites excluding steroid dienone is 1. The van der Waals surface area contributed by atoms with Gasteiger partial charge in [-0.15, -0.1) is 0 Å². The van der Waals surface area contributed by atoms with Crippen LogP contribution in [-0.2, 0) is 17.1 Å². The van der Waals surface area contributed by atoms with Crippen molar-refractivity contribution >= 4 is 66.5 Å². The summed E-state index contributed by atoms with van der Waals surface area (Å²) in [5.41, 5.74) is 5.94. The highest BCUT2D eigenvalue weighted by molar-refractivity contribution is 7.90. The first kappa shape index (κ1) is 37.8. The number of sulfonamides is 1. The van der Waals surface area contributed by atoms with Crippen LogP contribution >= 0.6 is 11.6 Å². The molecule has 3 aromatic heterocycles. The minimum Gasteiger partial charge on any atom is -0.455 e. The van der Waals surface area contributed by atoms with Crippen LogP contribution in [0.15, 0.2) is 95.9 Å². The predicted octanol–water partition coefficient (Wildman–Crippen LogP) is 7.85. The number of fused-ring (bicyclic) bond motifs is 2. The van der Waals surface area contributed by atoms with Crippen molar-refractivity contribution in [3.8, 4) is 11.5 Å². The lowest BCUT2D eigenvalue weighted by Gasteiger charge is -2.47. The second-order valence-corrected chi connectivity index (χ2v) is 17.7. The standard InChI is InChI=1S/C42H41ClN8O6S/c1-48-26-46-36-21-33(22-37(39(36)48)51(53)54)58(55,56)47-41(52)34-8-7-31(20-38(34)57-32-19-28-10-14-44-40(28)45-24-32)50-17-15-49(16-18-50)25-29-9-13-42(11-2-12-42)23-35(29)27-3-5-30(43)6-4-27/h3-8,10,14,19-22,24,26H,2,9,11-13,15-18,23,25H2,1H3,(H,44,45)(H,47,52). The molecule has 298 valence electrons. The Morgan fingerprint density at radius 3 is 2.55 bits per heavy atom. The number of hydrogen-bond donors (Lipinski definition) is 2. The number of benzene rings is 3. The minimum atomic E-state index is -4.59. The monoisotopic (exact) mass is 820 g/mol. The van der Waals surface area contributed by atoms with E-state index in [1.807, 2.05) is 18.2 Å². The van der Waals surface area contributed by atoms with Gasteiger partial charge in [0.05, 0.1) is 33.4 Å². The van der Waals surface area contributed by atoms with E-state index in [0.717, 1.165) is 67.7 Å². The zero-order chi connectivity index (χ0) is 40.2. The summed E-state index contributed by atoms with van der Waals surface area (Å²) in [6.45, 7) is 4.05. The van der Waals surface area contributed by atoms with Crippen LogP contribution in [-0.4, -0.2) is 76.4 Å². The summed E-state index contributed by atoms with van der Waals surface area (Å²) in [5.74, 6) is -0.491. The molecule has 6 aromatic rings. The fraction of sp³-hybridized carbons (Fsp3) is 0.310. The lowest BCUT2D eigenvalue weighted by Crippen LogP contribution is -2.47. The summed E-state index contributed by atoms with van der Waals surface area (Å²) >= 11 is 6.26. The summed E-state index contributed by atoms with van der Waals surface area (Å²) in [5, 5.41) is 13.4. The Balaban J connectivity index is 0.962. The van der Waals surface area contributed by atoms with Crippen molar-refractivity contribution in [2.75, 3.05) is 37.6 Å². The number of pyridine rings is 1. The quantitative estimate of drug-likeness (QED) is 0.103. The van der Waals surface area contributed by atoms with E-state index in [-0.39, 0.29) is 22.3 Å². The molecule has 58 heavy (non-hydrogen) atoms. The molecule has 1 spiro atoms. The number of rotatable bonds is 10. The van der Waals surface area contributed by atoms with E-state index in [1.165, 1.54) is 71.6 Å². The number of aromatic amines is 1. The molecule has 0 unspecified atom stereocenters. The van der Waals surface area contributed by atoms with Crippen molar-refractivity contribution in [2.45, 2.75) is 43.4 Å². The summed E-state index contributed by atoms with van der Waals surface area (Å²) in [6.07, 6.45) is 12.0. The van der Waals surface area contributed by atoms with Gasteiger partial charge in [-0.25, -0.2) is 23.1 Å². The van der Waals surface area contributed by atoms with Gasteiger partial charge in [-0.3, -0.25) is 19.8 Å². The van der Waals surface area contributed by atoms with Crippen molar-refractivity contribution in [3.05, 3.63) is 117 Å². The van der Waals surface area contributed by atoms with Gasteiger partial charge < -0.3 is 19.2 Å². The SMILES string of the molecule is Cn1cnc2cc(S(=O)(=O)NC(=O)c3ccc(N4CCN(CC5=C(c6ccc(Cl)cc6)CC6(CCC6)CC5)CC4)cc3Oc3cnc4[nH]ccc4c3)cc([N+](=O)[O-])c21. The Hall–Kier alpha value is -5.77. The average molecular weight is 821 g/mol. The highest BCUT2D eigenvalue weighted by Crippen LogP contribution is 2.55. The number of ether oxygens (including phenoxy) is 1. The van der Waals surface area contributed by atoms with E-state index in [4.69, 9.17) is 16.3 Å². The number of halogens is 1. The fourth-order valence-electron chi connectivity index (χ4n) is 8.68. The van der Waals surface area contributed by atoms with Crippen molar-refractivity contribution in [1.29, 1.82) is 0 Å². The Kier molecular flexibility index (Phi) is 9.69. The number of nitro benzene ring substituents is 1. The van der Waals surface area contributed by atoms with Gasteiger partial charge in [0.25, 0.3) is 21.6 Å². The van der Waals surface area contributed by atoms with E-state index in [1.54, 1.807) is 31.4 Å². The second-order valence-electron chi connectivity index (χ2n) is 15.6. The third kappa shape index (κ3) is 7.29. The molecule has 2 N–H and O–H groups in total. The maximum Gasteiger partial charge on any atom is 0.296 e. The molecule has 0 bridgehead atoms. The molecule has 4 heterocycles. The molecule has 14 nitrogen and oxygen atoms in total. The van der Waals surface area contributed by atoms with Crippen molar-refractivity contribution in [1.82, 2.24) is 29.1 Å². The van der Waals surface area contributed by atoms with Gasteiger partial charge in [-0.05, 0) is 91.1 Å². The molecule has 1 saturated heterocycles. The minimum absolute atomic E-state index is 0.0447. The fourth-order valence-corrected chi connectivity index (χ4v) is 9.81. The predicted molar refractivity (Wildman–Crippen MR) is 222 cm³/mol. The Morgan fingerprint density at radius 2 is 1.81 bits per heavy atom. The second kappa shape index (κ2) is 14.9. The summed E-state index contributed by atoms with van der Waals surface area (Å²) in [6, 6.07) is 19.1. The number of imidazole rings is 1. The molecule has 2 fully saturated rings. The first-order valence-electron chi connectivity index (χ1n) is 19.3. The lowest BCUT2D eigenvalue weighted by molar-refractivity contribution is -0.383. The lowest BCUT2D eigenvalue weighted by atomic mass is 9.59. The Morgan fingerprint density at radius 1 is 1.02 bits per heavy atom. The Labute approximate surface area is 339 Å². The number of carbonyl (C=O) groups is 1. The molecule has 1 aliphatic heterocycles. The topological polar surface area (TPSA) is 169 Å². The van der Waals surface area contributed by atoms with E-state index in [0.29, 0.717) is 16.8 Å². The Bertz CT molecular complexity index is 2730. The smallest absolute Gasteiger partial charge is 0.296 e. The number of nitrogens with one attached hydrogen (secondary N) is 2. The number of aromatic nitrogens is 4. The number of anilines is 1. The number of non-ortho nitro benzene ring substituents is 1. The first-order valence-corrected chi connectivity index (χ1v) is 21.2. The molecule has 2 aliphatic carbocycles. The third-order valence-electron chi connectivity index (χ3n) is 12.0. The van der Waals surface area contributed by atoms with E-state index in [9.17, 15) is 23.3 Å². The van der Waals surface area contributed by atoms with Crippen molar-refractivity contribution < 1.29 is 22.9 Å². The van der Waals surface area contributed by atoms with Crippen LogP contribution in [0.2, 0.25) is 5.02 Å². The maximum absolute atomic E-state index is 13.9. The molecule has 16 heteroatoms. The van der Waals surface area contributed by atoms with Crippen LogP contribution in [0.1, 0.15) is 54.4 Å². The van der Waals surface area contributed by atoms with Crippen molar-refractivity contribution in [2.24, 2.45) is 12.5 Å². The van der Waals surface area contributed by atoms with Gasteiger partial charge in [0.1, 0.15) is 22.7 Å². The number of amides is 1. The van der Waals surface area contributed by atoms with Gasteiger partial charge in [-0.1, -0.05) is 35.7 Å². The molecular weight excluding hydrogens is 780 g/mol. The summed E-state index contributed by atoms with van der Waals surface area (Å²) < 4.78 is 37.1. The van der Waals surface area contributed by atoms with Crippen LogP contribution in [0.4, 0.5) is 11.4 Å². The molecule has 1 saturated carbocycles. The number of hydrogen-bond acceptors (Lipinski definition) is 10. The molecule has 1 amide bonds. The van der Waals surface area contributed by atoms with Gasteiger partial charge in [-0.2, -0.15) is 0 Å². The van der Waals surface area contributed by atoms with Crippen LogP contribution in [0.3, 0.4) is 0 Å². The maximum atomic E-state index is 13.9. The van der Waals surface area contributed by atoms with Gasteiger partial charge >= 0.3 is 0 Å². The molecule has 3 aromatic carbocycles.